The fourth-order valence-corrected chi connectivity index (χ4v) is 3.13. The second-order valence-corrected chi connectivity index (χ2v) is 4.80. The molecule has 0 radical (unpaired) electrons. The van der Waals surface area contributed by atoms with Crippen molar-refractivity contribution in [2.24, 2.45) is 17.8 Å². The molecule has 1 fully saturated rings. The molecule has 1 amide bonds. The Morgan fingerprint density at radius 1 is 1.11 bits per heavy atom. The van der Waals surface area contributed by atoms with Crippen LogP contribution in [0.4, 0.5) is 4.79 Å². The predicted molar refractivity (Wildman–Crippen MR) is 62.4 cm³/mol. The Morgan fingerprint density at radius 2 is 1.68 bits per heavy atom. The maximum Gasteiger partial charge on any atom is 0.410 e. The lowest BCUT2D eigenvalue weighted by Gasteiger charge is -2.51. The van der Waals surface area contributed by atoms with Gasteiger partial charge in [-0.3, -0.25) is 14.5 Å². The molecule has 0 saturated carbocycles. The van der Waals surface area contributed by atoms with Crippen molar-refractivity contribution < 1.29 is 29.3 Å². The number of hydrogen-bond donors (Lipinski definition) is 2. The maximum absolute atomic E-state index is 11.7. The van der Waals surface area contributed by atoms with Crippen LogP contribution in [0.25, 0.3) is 0 Å². The molecule has 5 atom stereocenters. The number of aliphatic carboxylic acids is 2. The predicted octanol–water partition coefficient (Wildman–Crippen LogP) is 0.413. The minimum absolute atomic E-state index is 0.404. The van der Waals surface area contributed by atoms with Crippen LogP contribution in [-0.4, -0.2) is 52.3 Å². The van der Waals surface area contributed by atoms with E-state index in [4.69, 9.17) is 0 Å². The van der Waals surface area contributed by atoms with E-state index < -0.39 is 47.9 Å². The molecule has 2 bridgehead atoms. The summed E-state index contributed by atoms with van der Waals surface area (Å²) in [7, 11) is 1.21. The summed E-state index contributed by atoms with van der Waals surface area (Å²) in [4.78, 5) is 35.7. The third-order valence-electron chi connectivity index (χ3n) is 3.97. The van der Waals surface area contributed by atoms with E-state index >= 15 is 0 Å². The Morgan fingerprint density at radius 3 is 2.16 bits per heavy atom. The molecule has 1 saturated heterocycles. The van der Waals surface area contributed by atoms with E-state index in [1.54, 1.807) is 19.1 Å². The molecule has 0 aromatic heterocycles. The topological polar surface area (TPSA) is 104 Å². The molecule has 104 valence electrons. The number of piperidine rings is 1. The Kier molecular flexibility index (Phi) is 3.21. The van der Waals surface area contributed by atoms with Gasteiger partial charge in [-0.05, 0) is 6.92 Å². The highest BCUT2D eigenvalue weighted by atomic mass is 16.5. The van der Waals surface area contributed by atoms with Crippen molar-refractivity contribution in [1.82, 2.24) is 4.90 Å². The third-order valence-corrected chi connectivity index (χ3v) is 3.97. The fourth-order valence-electron chi connectivity index (χ4n) is 3.13. The number of fused-ring (bicyclic) bond motifs is 2. The largest absolute Gasteiger partial charge is 0.481 e. The number of methoxy groups -OCH3 is 1. The summed E-state index contributed by atoms with van der Waals surface area (Å²) in [6.07, 6.45) is 2.63. The summed E-state index contributed by atoms with van der Waals surface area (Å²) in [6, 6.07) is -1.19. The minimum Gasteiger partial charge on any atom is -0.481 e. The summed E-state index contributed by atoms with van der Waals surface area (Å²) in [5.74, 6) is -5.07. The first-order chi connectivity index (χ1) is 8.90. The number of carboxylic acids is 2. The number of rotatable bonds is 2. The van der Waals surface area contributed by atoms with E-state index in [-0.39, 0.29) is 0 Å². The van der Waals surface area contributed by atoms with E-state index in [0.717, 1.165) is 0 Å². The van der Waals surface area contributed by atoms with Crippen molar-refractivity contribution in [3.63, 3.8) is 0 Å². The molecule has 7 nitrogen and oxygen atoms in total. The smallest absolute Gasteiger partial charge is 0.410 e. The summed E-state index contributed by atoms with van der Waals surface area (Å²) >= 11 is 0. The van der Waals surface area contributed by atoms with Gasteiger partial charge in [-0.25, -0.2) is 4.79 Å². The van der Waals surface area contributed by atoms with Gasteiger partial charge in [0, 0.05) is 12.0 Å². The molecule has 0 aromatic rings. The molecule has 5 unspecified atom stereocenters. The Hall–Kier alpha value is -2.05. The Labute approximate surface area is 109 Å². The van der Waals surface area contributed by atoms with Crippen LogP contribution >= 0.6 is 0 Å². The van der Waals surface area contributed by atoms with E-state index in [0.29, 0.717) is 0 Å². The van der Waals surface area contributed by atoms with Crippen LogP contribution in [0.2, 0.25) is 0 Å². The third kappa shape index (κ3) is 1.85. The van der Waals surface area contributed by atoms with Gasteiger partial charge in [0.2, 0.25) is 0 Å². The summed E-state index contributed by atoms with van der Waals surface area (Å²) in [5.41, 5.74) is 0. The van der Waals surface area contributed by atoms with E-state index in [2.05, 4.69) is 4.74 Å². The molecular formula is C12H15NO6. The lowest BCUT2D eigenvalue weighted by molar-refractivity contribution is -0.164. The number of amides is 1. The number of hydrogen-bond acceptors (Lipinski definition) is 4. The fraction of sp³-hybridized carbons (Fsp3) is 0.583. The number of carbonyl (C=O) groups is 3. The molecule has 2 N–H and O–H groups in total. The molecule has 19 heavy (non-hydrogen) atoms. The second kappa shape index (κ2) is 4.56. The quantitative estimate of drug-likeness (QED) is 0.704. The van der Waals surface area contributed by atoms with Crippen molar-refractivity contribution in [3.05, 3.63) is 12.2 Å². The molecule has 0 spiro atoms. The zero-order valence-corrected chi connectivity index (χ0v) is 10.5. The van der Waals surface area contributed by atoms with Crippen LogP contribution in [0.5, 0.6) is 0 Å². The first kappa shape index (κ1) is 13.4. The number of carboxylic acid groups (broad SMARTS) is 2. The van der Waals surface area contributed by atoms with Gasteiger partial charge in [0.25, 0.3) is 0 Å². The van der Waals surface area contributed by atoms with Crippen LogP contribution in [0, 0.1) is 17.8 Å². The maximum atomic E-state index is 11.7. The standard InChI is InChI=1S/C12H15NO6/c1-5-6-3-4-7(13(5)12(18)19-2)9(11(16)17)8(6)10(14)15/h3-9H,1-2H3,(H,14,15)(H,16,17). The van der Waals surface area contributed by atoms with E-state index in [9.17, 15) is 24.6 Å². The van der Waals surface area contributed by atoms with Crippen LogP contribution in [0.15, 0.2) is 12.2 Å². The highest BCUT2D eigenvalue weighted by Gasteiger charge is 2.56. The average Bonchev–Trinajstić information content (AvgIpc) is 2.37. The van der Waals surface area contributed by atoms with Gasteiger partial charge in [0.15, 0.2) is 0 Å². The molecule has 3 rings (SSSR count). The van der Waals surface area contributed by atoms with Crippen molar-refractivity contribution >= 4 is 18.0 Å². The van der Waals surface area contributed by atoms with E-state index in [1.165, 1.54) is 12.0 Å². The van der Waals surface area contributed by atoms with Crippen LogP contribution in [0.3, 0.4) is 0 Å². The highest BCUT2D eigenvalue weighted by molar-refractivity contribution is 5.84. The van der Waals surface area contributed by atoms with Crippen molar-refractivity contribution in [2.75, 3.05) is 7.11 Å². The van der Waals surface area contributed by atoms with Gasteiger partial charge in [-0.2, -0.15) is 0 Å². The zero-order valence-electron chi connectivity index (χ0n) is 10.5. The SMILES string of the molecule is COC(=O)N1C(C)C2C=CC1C(C(=O)O)C2C(=O)O. The van der Waals surface area contributed by atoms with Gasteiger partial charge in [-0.15, -0.1) is 0 Å². The van der Waals surface area contributed by atoms with Crippen molar-refractivity contribution in [1.29, 1.82) is 0 Å². The van der Waals surface area contributed by atoms with Gasteiger partial charge in [-0.1, -0.05) is 12.2 Å². The summed E-state index contributed by atoms with van der Waals surface area (Å²) < 4.78 is 4.65. The lowest BCUT2D eigenvalue weighted by atomic mass is 9.66. The van der Waals surface area contributed by atoms with Crippen molar-refractivity contribution in [2.45, 2.75) is 19.0 Å². The average molecular weight is 269 g/mol. The first-order valence-corrected chi connectivity index (χ1v) is 5.90. The van der Waals surface area contributed by atoms with Crippen molar-refractivity contribution in [3.8, 4) is 0 Å². The van der Waals surface area contributed by atoms with Gasteiger partial charge in [0.05, 0.1) is 25.0 Å². The number of nitrogens with zero attached hydrogens (tertiary/aromatic N) is 1. The molecule has 2 aliphatic heterocycles. The molecule has 3 aliphatic rings. The Balaban J connectivity index is 2.45. The molecule has 2 heterocycles. The normalized spacial score (nSPS) is 36.1. The van der Waals surface area contributed by atoms with Crippen LogP contribution in [-0.2, 0) is 14.3 Å². The second-order valence-electron chi connectivity index (χ2n) is 4.80. The lowest BCUT2D eigenvalue weighted by Crippen LogP contribution is -2.64. The van der Waals surface area contributed by atoms with Gasteiger partial charge >= 0.3 is 18.0 Å². The molecule has 7 heteroatoms. The van der Waals surface area contributed by atoms with Gasteiger partial charge < -0.3 is 14.9 Å². The summed E-state index contributed by atoms with van der Waals surface area (Å²) in [6.45, 7) is 1.70. The number of ether oxygens (including phenoxy) is 1. The number of carbonyl (C=O) groups excluding carboxylic acids is 1. The monoisotopic (exact) mass is 269 g/mol. The van der Waals surface area contributed by atoms with E-state index in [1.807, 2.05) is 0 Å². The molecule has 0 aromatic carbocycles. The zero-order chi connectivity index (χ0) is 14.3. The molecular weight excluding hydrogens is 254 g/mol. The summed E-state index contributed by atoms with van der Waals surface area (Å²) in [5, 5.41) is 18.5. The Bertz CT molecular complexity index is 459. The highest BCUT2D eigenvalue weighted by Crippen LogP contribution is 2.43. The van der Waals surface area contributed by atoms with Crippen LogP contribution in [0.1, 0.15) is 6.92 Å². The first-order valence-electron chi connectivity index (χ1n) is 5.90. The van der Waals surface area contributed by atoms with Crippen LogP contribution < -0.4 is 0 Å². The van der Waals surface area contributed by atoms with Gasteiger partial charge in [0.1, 0.15) is 0 Å². The molecule has 1 aliphatic carbocycles. The minimum atomic E-state index is -1.22.